The number of halogens is 4. The molecule has 0 saturated carbocycles. The summed E-state index contributed by atoms with van der Waals surface area (Å²) < 4.78 is 6.64. The van der Waals surface area contributed by atoms with Crippen LogP contribution in [0.1, 0.15) is 11.1 Å². The normalized spacial score (nSPS) is 15.0. The number of nitrogens with one attached hydrogen (secondary N) is 1. The summed E-state index contributed by atoms with van der Waals surface area (Å²) in [6.45, 7) is 0.239. The molecule has 4 rings (SSSR count). The Morgan fingerprint density at radius 1 is 0.912 bits per heavy atom. The number of nitrogens with zero attached hydrogens (tertiary/aromatic N) is 1. The number of imide groups is 2. The Hall–Kier alpha value is -2.84. The van der Waals surface area contributed by atoms with Gasteiger partial charge in [0, 0.05) is 15.1 Å². The van der Waals surface area contributed by atoms with Gasteiger partial charge in [-0.05, 0) is 60.2 Å². The Bertz CT molecular complexity index is 1340. The van der Waals surface area contributed by atoms with Crippen LogP contribution in [0.25, 0.3) is 6.08 Å². The smallest absolute Gasteiger partial charge is 0.335 e. The van der Waals surface area contributed by atoms with E-state index < -0.39 is 17.8 Å². The Balaban J connectivity index is 1.67. The molecule has 0 aromatic heterocycles. The zero-order valence-corrected chi connectivity index (χ0v) is 21.0. The third kappa shape index (κ3) is 5.28. The van der Waals surface area contributed by atoms with E-state index in [-0.39, 0.29) is 27.9 Å². The van der Waals surface area contributed by atoms with Crippen LogP contribution in [0.4, 0.5) is 10.5 Å². The zero-order valence-electron chi connectivity index (χ0n) is 17.2. The highest BCUT2D eigenvalue weighted by Crippen LogP contribution is 2.31. The summed E-state index contributed by atoms with van der Waals surface area (Å²) in [7, 11) is 0. The molecule has 1 heterocycles. The fraction of sp³-hybridized carbons (Fsp3) is 0.0417. The van der Waals surface area contributed by atoms with Crippen molar-refractivity contribution in [3.05, 3.63) is 96.9 Å². The van der Waals surface area contributed by atoms with Crippen molar-refractivity contribution in [3.63, 3.8) is 0 Å². The quantitative estimate of drug-likeness (QED) is 0.271. The molecule has 1 N–H and O–H groups in total. The molecule has 1 saturated heterocycles. The van der Waals surface area contributed by atoms with Gasteiger partial charge in [0.15, 0.2) is 0 Å². The molecular weight excluding hydrogens is 567 g/mol. The van der Waals surface area contributed by atoms with E-state index in [1.165, 1.54) is 24.3 Å². The fourth-order valence-electron chi connectivity index (χ4n) is 3.18. The van der Waals surface area contributed by atoms with Crippen molar-refractivity contribution < 1.29 is 19.1 Å². The monoisotopic (exact) mass is 578 g/mol. The Morgan fingerprint density at radius 3 is 2.35 bits per heavy atom. The lowest BCUT2D eigenvalue weighted by Gasteiger charge is -2.26. The van der Waals surface area contributed by atoms with Crippen molar-refractivity contribution >= 4 is 80.3 Å². The number of ether oxygens (including phenoxy) is 1. The summed E-state index contributed by atoms with van der Waals surface area (Å²) in [4.78, 5) is 39.0. The predicted octanol–water partition coefficient (Wildman–Crippen LogP) is 6.65. The molecule has 10 heteroatoms. The molecule has 4 amide bonds. The maximum Gasteiger partial charge on any atom is 0.335 e. The molecule has 0 unspecified atom stereocenters. The molecule has 6 nitrogen and oxygen atoms in total. The molecule has 172 valence electrons. The number of anilines is 1. The van der Waals surface area contributed by atoms with Crippen LogP contribution in [0.2, 0.25) is 15.1 Å². The number of hydrogen-bond acceptors (Lipinski definition) is 4. The first kappa shape index (κ1) is 24.3. The summed E-state index contributed by atoms with van der Waals surface area (Å²) in [6.07, 6.45) is 1.37. The molecule has 0 radical (unpaired) electrons. The van der Waals surface area contributed by atoms with E-state index in [9.17, 15) is 14.4 Å². The molecule has 0 bridgehead atoms. The number of amides is 4. The average Bonchev–Trinajstić information content (AvgIpc) is 2.79. The van der Waals surface area contributed by atoms with Gasteiger partial charge in [-0.25, -0.2) is 9.69 Å². The lowest BCUT2D eigenvalue weighted by Crippen LogP contribution is -2.54. The minimum atomic E-state index is -0.890. The van der Waals surface area contributed by atoms with Gasteiger partial charge in [-0.1, -0.05) is 62.9 Å². The van der Waals surface area contributed by atoms with Crippen molar-refractivity contribution in [1.82, 2.24) is 5.32 Å². The molecule has 0 atom stereocenters. The molecule has 1 aliphatic heterocycles. The minimum Gasteiger partial charge on any atom is -0.488 e. The fourth-order valence-corrected chi connectivity index (χ4v) is 3.97. The van der Waals surface area contributed by atoms with Crippen LogP contribution in [0.5, 0.6) is 5.75 Å². The van der Waals surface area contributed by atoms with Crippen LogP contribution >= 0.6 is 50.7 Å². The Kier molecular flexibility index (Phi) is 7.28. The molecule has 0 aliphatic carbocycles. The topological polar surface area (TPSA) is 75.7 Å². The van der Waals surface area contributed by atoms with Crippen molar-refractivity contribution in [2.45, 2.75) is 6.61 Å². The maximum atomic E-state index is 13.2. The first-order valence-corrected chi connectivity index (χ1v) is 11.7. The number of barbiturate groups is 1. The zero-order chi connectivity index (χ0) is 24.4. The third-order valence-corrected chi connectivity index (χ3v) is 6.33. The van der Waals surface area contributed by atoms with Crippen molar-refractivity contribution in [1.29, 1.82) is 0 Å². The summed E-state index contributed by atoms with van der Waals surface area (Å²) >= 11 is 21.3. The van der Waals surface area contributed by atoms with Crippen molar-refractivity contribution in [2.75, 3.05) is 4.90 Å². The lowest BCUT2D eigenvalue weighted by atomic mass is 10.1. The van der Waals surface area contributed by atoms with E-state index in [2.05, 4.69) is 21.2 Å². The Morgan fingerprint density at radius 2 is 1.65 bits per heavy atom. The van der Waals surface area contributed by atoms with Gasteiger partial charge < -0.3 is 4.74 Å². The van der Waals surface area contributed by atoms with Crippen LogP contribution in [-0.4, -0.2) is 17.8 Å². The summed E-state index contributed by atoms with van der Waals surface area (Å²) in [5, 5.41) is 3.21. The van der Waals surface area contributed by atoms with Crippen molar-refractivity contribution in [3.8, 4) is 5.75 Å². The highest BCUT2D eigenvalue weighted by atomic mass is 79.9. The number of rotatable bonds is 5. The Labute approximate surface area is 218 Å². The van der Waals surface area contributed by atoms with Gasteiger partial charge in [-0.2, -0.15) is 0 Å². The highest BCUT2D eigenvalue weighted by Gasteiger charge is 2.37. The average molecular weight is 581 g/mol. The number of urea groups is 1. The molecule has 1 aliphatic rings. The van der Waals surface area contributed by atoms with Gasteiger partial charge in [0.2, 0.25) is 0 Å². The number of hydrogen-bond donors (Lipinski definition) is 1. The van der Waals surface area contributed by atoms with E-state index in [1.54, 1.807) is 30.3 Å². The molecule has 0 spiro atoms. The largest absolute Gasteiger partial charge is 0.488 e. The van der Waals surface area contributed by atoms with Crippen LogP contribution in [0.3, 0.4) is 0 Å². The SMILES string of the molecule is O=C1NC(=O)N(c2ccc(Cl)c(Cl)c2)C(=O)/C1=C/c1cc(Br)ccc1OCc1ccc(Cl)cc1. The minimum absolute atomic E-state index is 0.159. The summed E-state index contributed by atoms with van der Waals surface area (Å²) in [6, 6.07) is 15.7. The van der Waals surface area contributed by atoms with E-state index >= 15 is 0 Å². The van der Waals surface area contributed by atoms with E-state index in [4.69, 9.17) is 39.5 Å². The van der Waals surface area contributed by atoms with Gasteiger partial charge in [-0.3, -0.25) is 14.9 Å². The van der Waals surface area contributed by atoms with Gasteiger partial charge in [-0.15, -0.1) is 0 Å². The highest BCUT2D eigenvalue weighted by molar-refractivity contribution is 9.10. The number of carbonyl (C=O) groups excluding carboxylic acids is 3. The first-order valence-electron chi connectivity index (χ1n) is 9.76. The lowest BCUT2D eigenvalue weighted by molar-refractivity contribution is -0.122. The van der Waals surface area contributed by atoms with Crippen molar-refractivity contribution in [2.24, 2.45) is 0 Å². The van der Waals surface area contributed by atoms with Gasteiger partial charge in [0.05, 0.1) is 15.7 Å². The van der Waals surface area contributed by atoms with Crippen LogP contribution < -0.4 is 15.0 Å². The van der Waals surface area contributed by atoms with Crippen LogP contribution in [-0.2, 0) is 16.2 Å². The number of benzene rings is 3. The molecule has 1 fully saturated rings. The van der Waals surface area contributed by atoms with E-state index in [1.807, 2.05) is 12.1 Å². The second-order valence-corrected chi connectivity index (χ2v) is 9.32. The first-order chi connectivity index (χ1) is 16.2. The maximum absolute atomic E-state index is 13.2. The predicted molar refractivity (Wildman–Crippen MR) is 135 cm³/mol. The standard InChI is InChI=1S/C24H14BrCl3N2O4/c25-15-3-8-21(34-12-13-1-4-16(26)5-2-13)14(9-15)10-18-22(31)29-24(33)30(23(18)32)17-6-7-19(27)20(28)11-17/h1-11H,12H2,(H,29,31,33)/b18-10+. The summed E-state index contributed by atoms with van der Waals surface area (Å²) in [5.41, 5.74) is 1.27. The van der Waals surface area contributed by atoms with Gasteiger partial charge >= 0.3 is 6.03 Å². The third-order valence-electron chi connectivity index (χ3n) is 4.84. The second-order valence-electron chi connectivity index (χ2n) is 7.15. The summed E-state index contributed by atoms with van der Waals surface area (Å²) in [5.74, 6) is -1.20. The molecule has 3 aromatic rings. The van der Waals surface area contributed by atoms with Crippen LogP contribution in [0.15, 0.2) is 70.7 Å². The molecular formula is C24H14BrCl3N2O4. The van der Waals surface area contributed by atoms with Crippen LogP contribution in [0, 0.1) is 0 Å². The molecule has 34 heavy (non-hydrogen) atoms. The number of carbonyl (C=O) groups is 3. The van der Waals surface area contributed by atoms with E-state index in [0.717, 1.165) is 10.5 Å². The van der Waals surface area contributed by atoms with E-state index in [0.29, 0.717) is 20.8 Å². The second kappa shape index (κ2) is 10.2. The molecule has 3 aromatic carbocycles. The van der Waals surface area contributed by atoms with Gasteiger partial charge in [0.25, 0.3) is 11.8 Å². The van der Waals surface area contributed by atoms with Gasteiger partial charge in [0.1, 0.15) is 17.9 Å².